The van der Waals surface area contributed by atoms with E-state index < -0.39 is 0 Å². The number of benzene rings is 1. The van der Waals surface area contributed by atoms with E-state index in [2.05, 4.69) is 17.3 Å². The van der Waals surface area contributed by atoms with Crippen molar-refractivity contribution in [2.75, 3.05) is 20.1 Å². The first-order valence-electron chi connectivity index (χ1n) is 4.90. The number of likely N-dealkylation sites (tertiary alicyclic amines) is 1. The predicted octanol–water partition coefficient (Wildman–Crippen LogP) is 1.23. The third-order valence-corrected chi connectivity index (χ3v) is 2.55. The van der Waals surface area contributed by atoms with Gasteiger partial charge in [-0.1, -0.05) is 12.1 Å². The molecule has 1 aromatic carbocycles. The number of hydrogen-bond donors (Lipinski definition) is 1. The highest BCUT2D eigenvalue weighted by atomic mass is 19.1. The summed E-state index contributed by atoms with van der Waals surface area (Å²) in [5.41, 5.74) is 1.01. The molecule has 0 unspecified atom stereocenters. The van der Waals surface area contributed by atoms with Gasteiger partial charge in [0.1, 0.15) is 5.82 Å². The summed E-state index contributed by atoms with van der Waals surface area (Å²) < 4.78 is 12.8. The molecule has 0 aromatic heterocycles. The van der Waals surface area contributed by atoms with Crippen LogP contribution in [0.15, 0.2) is 24.3 Å². The van der Waals surface area contributed by atoms with Gasteiger partial charge in [-0.3, -0.25) is 0 Å². The maximum atomic E-state index is 12.8. The van der Waals surface area contributed by atoms with Crippen molar-refractivity contribution in [3.8, 4) is 0 Å². The van der Waals surface area contributed by atoms with Crippen LogP contribution in [0.25, 0.3) is 0 Å². The molecule has 0 aliphatic carbocycles. The molecule has 3 heteroatoms. The van der Waals surface area contributed by atoms with Crippen molar-refractivity contribution >= 4 is 0 Å². The van der Waals surface area contributed by atoms with Crippen LogP contribution in [0.4, 0.5) is 4.39 Å². The fourth-order valence-electron chi connectivity index (χ4n) is 1.74. The molecular weight excluding hydrogens is 179 g/mol. The fraction of sp³-hybridized carbons (Fsp3) is 0.455. The summed E-state index contributed by atoms with van der Waals surface area (Å²) >= 11 is 0. The molecule has 0 bridgehead atoms. The van der Waals surface area contributed by atoms with Gasteiger partial charge >= 0.3 is 0 Å². The van der Waals surface area contributed by atoms with Crippen LogP contribution in [0.2, 0.25) is 0 Å². The van der Waals surface area contributed by atoms with Crippen LogP contribution < -0.4 is 5.32 Å². The number of hydrogen-bond acceptors (Lipinski definition) is 2. The minimum absolute atomic E-state index is 0.157. The molecule has 2 nitrogen and oxygen atoms in total. The average Bonchev–Trinajstić information content (AvgIpc) is 2.11. The standard InChI is InChI=1S/C11H15FN2/c1-14-7-11(8-14)13-6-9-3-2-4-10(12)5-9/h2-5,11,13H,6-8H2,1H3. The van der Waals surface area contributed by atoms with Gasteiger partial charge in [-0.15, -0.1) is 0 Å². The van der Waals surface area contributed by atoms with E-state index in [9.17, 15) is 4.39 Å². The molecule has 1 aliphatic rings. The molecule has 0 spiro atoms. The number of nitrogens with one attached hydrogen (secondary N) is 1. The predicted molar refractivity (Wildman–Crippen MR) is 54.5 cm³/mol. The highest BCUT2D eigenvalue weighted by molar-refractivity contribution is 5.16. The van der Waals surface area contributed by atoms with E-state index in [0.717, 1.165) is 25.2 Å². The fourth-order valence-corrected chi connectivity index (χ4v) is 1.74. The van der Waals surface area contributed by atoms with Gasteiger partial charge in [0.15, 0.2) is 0 Å². The lowest BCUT2D eigenvalue weighted by Crippen LogP contribution is -2.55. The van der Waals surface area contributed by atoms with Crippen LogP contribution in [0.1, 0.15) is 5.56 Å². The van der Waals surface area contributed by atoms with Crippen LogP contribution in [-0.2, 0) is 6.54 Å². The Bertz CT molecular complexity index is 308. The molecular formula is C11H15FN2. The van der Waals surface area contributed by atoms with Crippen molar-refractivity contribution in [1.82, 2.24) is 10.2 Å². The van der Waals surface area contributed by atoms with E-state index in [-0.39, 0.29) is 5.82 Å². The molecule has 2 rings (SSSR count). The normalized spacial score (nSPS) is 18.1. The summed E-state index contributed by atoms with van der Waals surface area (Å²) in [6.45, 7) is 2.95. The number of likely N-dealkylation sites (N-methyl/N-ethyl adjacent to an activating group) is 1. The van der Waals surface area contributed by atoms with Crippen molar-refractivity contribution in [3.63, 3.8) is 0 Å². The Kier molecular flexibility index (Phi) is 2.79. The zero-order valence-electron chi connectivity index (χ0n) is 8.33. The molecule has 76 valence electrons. The minimum Gasteiger partial charge on any atom is -0.307 e. The highest BCUT2D eigenvalue weighted by Gasteiger charge is 2.21. The molecule has 14 heavy (non-hydrogen) atoms. The first-order chi connectivity index (χ1) is 6.74. The Balaban J connectivity index is 1.80. The van der Waals surface area contributed by atoms with Crippen LogP contribution in [-0.4, -0.2) is 31.1 Å². The molecule has 0 saturated carbocycles. The summed E-state index contributed by atoms with van der Waals surface area (Å²) in [4.78, 5) is 2.25. The zero-order valence-corrected chi connectivity index (χ0v) is 8.33. The summed E-state index contributed by atoms with van der Waals surface area (Å²) in [5.74, 6) is -0.157. The maximum Gasteiger partial charge on any atom is 0.123 e. The van der Waals surface area contributed by atoms with E-state index in [1.165, 1.54) is 6.07 Å². The lowest BCUT2D eigenvalue weighted by Gasteiger charge is -2.36. The van der Waals surface area contributed by atoms with E-state index in [1.54, 1.807) is 12.1 Å². The monoisotopic (exact) mass is 194 g/mol. The SMILES string of the molecule is CN1CC(NCc2cccc(F)c2)C1. The maximum absolute atomic E-state index is 12.8. The number of halogens is 1. The van der Waals surface area contributed by atoms with Gasteiger partial charge in [0.2, 0.25) is 0 Å². The number of rotatable bonds is 3. The van der Waals surface area contributed by atoms with E-state index in [0.29, 0.717) is 6.04 Å². The van der Waals surface area contributed by atoms with Gasteiger partial charge in [-0.25, -0.2) is 4.39 Å². The van der Waals surface area contributed by atoms with Crippen LogP contribution >= 0.6 is 0 Å². The Morgan fingerprint density at radius 1 is 1.50 bits per heavy atom. The second kappa shape index (κ2) is 4.07. The molecule has 0 atom stereocenters. The lowest BCUT2D eigenvalue weighted by atomic mass is 10.1. The van der Waals surface area contributed by atoms with Crippen LogP contribution in [0.5, 0.6) is 0 Å². The van der Waals surface area contributed by atoms with E-state index in [4.69, 9.17) is 0 Å². The van der Waals surface area contributed by atoms with Gasteiger partial charge in [0.05, 0.1) is 0 Å². The first kappa shape index (κ1) is 9.62. The quantitative estimate of drug-likeness (QED) is 0.778. The van der Waals surface area contributed by atoms with Gasteiger partial charge in [0.25, 0.3) is 0 Å². The average molecular weight is 194 g/mol. The third-order valence-electron chi connectivity index (χ3n) is 2.55. The molecule has 1 aliphatic heterocycles. The largest absolute Gasteiger partial charge is 0.307 e. The summed E-state index contributed by atoms with van der Waals surface area (Å²) in [7, 11) is 2.10. The molecule has 1 heterocycles. The van der Waals surface area contributed by atoms with Gasteiger partial charge < -0.3 is 10.2 Å². The molecule has 1 N–H and O–H groups in total. The molecule has 1 saturated heterocycles. The van der Waals surface area contributed by atoms with E-state index >= 15 is 0 Å². The van der Waals surface area contributed by atoms with Gasteiger partial charge in [-0.05, 0) is 24.7 Å². The number of nitrogens with zero attached hydrogens (tertiary/aromatic N) is 1. The molecule has 1 fully saturated rings. The third kappa shape index (κ3) is 2.30. The molecule has 0 amide bonds. The van der Waals surface area contributed by atoms with Crippen LogP contribution in [0, 0.1) is 5.82 Å². The lowest BCUT2D eigenvalue weighted by molar-refractivity contribution is 0.161. The van der Waals surface area contributed by atoms with Gasteiger partial charge in [0, 0.05) is 25.7 Å². The first-order valence-corrected chi connectivity index (χ1v) is 4.90. The van der Waals surface area contributed by atoms with Crippen LogP contribution in [0.3, 0.4) is 0 Å². The summed E-state index contributed by atoms with van der Waals surface area (Å²) in [5, 5.41) is 3.38. The highest BCUT2D eigenvalue weighted by Crippen LogP contribution is 2.07. The second-order valence-corrected chi connectivity index (χ2v) is 3.93. The second-order valence-electron chi connectivity index (χ2n) is 3.93. The Hall–Kier alpha value is -0.930. The topological polar surface area (TPSA) is 15.3 Å². The molecule has 1 aromatic rings. The van der Waals surface area contributed by atoms with E-state index in [1.807, 2.05) is 6.07 Å². The van der Waals surface area contributed by atoms with Crippen molar-refractivity contribution < 1.29 is 4.39 Å². The Labute approximate surface area is 83.7 Å². The molecule has 0 radical (unpaired) electrons. The summed E-state index contributed by atoms with van der Waals surface area (Å²) in [6, 6.07) is 7.32. The van der Waals surface area contributed by atoms with Crippen molar-refractivity contribution in [2.24, 2.45) is 0 Å². The Morgan fingerprint density at radius 3 is 2.93 bits per heavy atom. The minimum atomic E-state index is -0.157. The summed E-state index contributed by atoms with van der Waals surface area (Å²) in [6.07, 6.45) is 0. The Morgan fingerprint density at radius 2 is 2.29 bits per heavy atom. The van der Waals surface area contributed by atoms with Crippen molar-refractivity contribution in [1.29, 1.82) is 0 Å². The van der Waals surface area contributed by atoms with Crippen molar-refractivity contribution in [3.05, 3.63) is 35.6 Å². The van der Waals surface area contributed by atoms with Crippen molar-refractivity contribution in [2.45, 2.75) is 12.6 Å². The van der Waals surface area contributed by atoms with Gasteiger partial charge in [-0.2, -0.15) is 0 Å². The smallest absolute Gasteiger partial charge is 0.123 e. The zero-order chi connectivity index (χ0) is 9.97.